The Morgan fingerprint density at radius 1 is 1.59 bits per heavy atom. The summed E-state index contributed by atoms with van der Waals surface area (Å²) in [6.07, 6.45) is 5.20. The maximum absolute atomic E-state index is 10.8. The highest BCUT2D eigenvalue weighted by atomic mass is 32.1. The lowest BCUT2D eigenvalue weighted by Crippen LogP contribution is -2.28. The van der Waals surface area contributed by atoms with Crippen LogP contribution in [0.5, 0.6) is 0 Å². The van der Waals surface area contributed by atoms with E-state index in [1.165, 1.54) is 30.6 Å². The molecule has 1 atom stereocenters. The largest absolute Gasteiger partial charge is 0.477 e. The van der Waals surface area contributed by atoms with Crippen molar-refractivity contribution in [2.75, 3.05) is 0 Å². The number of hydrogen-bond acceptors (Lipinski definition) is 3. The first kappa shape index (κ1) is 12.6. The second-order valence-electron chi connectivity index (χ2n) is 4.74. The summed E-state index contributed by atoms with van der Waals surface area (Å²) >= 11 is 1.37. The van der Waals surface area contributed by atoms with E-state index in [0.29, 0.717) is 10.9 Å². The van der Waals surface area contributed by atoms with E-state index in [2.05, 4.69) is 12.2 Å². The maximum Gasteiger partial charge on any atom is 0.345 e. The molecule has 0 aromatic carbocycles. The third-order valence-corrected chi connectivity index (χ3v) is 4.32. The van der Waals surface area contributed by atoms with Gasteiger partial charge in [0.2, 0.25) is 0 Å². The van der Waals surface area contributed by atoms with Crippen LogP contribution in [0.2, 0.25) is 0 Å². The minimum absolute atomic E-state index is 0.428. The predicted octanol–water partition coefficient (Wildman–Crippen LogP) is 3.11. The molecule has 0 bridgehead atoms. The Bertz CT molecular complexity index is 385. The molecule has 0 spiro atoms. The van der Waals surface area contributed by atoms with Crippen molar-refractivity contribution in [3.63, 3.8) is 0 Å². The smallest absolute Gasteiger partial charge is 0.345 e. The number of hydrogen-bond donors (Lipinski definition) is 2. The van der Waals surface area contributed by atoms with E-state index >= 15 is 0 Å². The van der Waals surface area contributed by atoms with Crippen LogP contribution in [0.3, 0.4) is 0 Å². The quantitative estimate of drug-likeness (QED) is 0.785. The number of carbonyl (C=O) groups is 1. The van der Waals surface area contributed by atoms with Gasteiger partial charge in [-0.15, -0.1) is 11.3 Å². The highest BCUT2D eigenvalue weighted by Gasteiger charge is 2.24. The van der Waals surface area contributed by atoms with E-state index in [9.17, 15) is 4.79 Å². The van der Waals surface area contributed by atoms with Crippen molar-refractivity contribution in [1.29, 1.82) is 0 Å². The average Bonchev–Trinajstić information content (AvgIpc) is 2.99. The molecule has 1 aromatic rings. The fourth-order valence-electron chi connectivity index (χ4n) is 1.98. The summed E-state index contributed by atoms with van der Waals surface area (Å²) < 4.78 is 0. The lowest BCUT2D eigenvalue weighted by atomic mass is 10.1. The summed E-state index contributed by atoms with van der Waals surface area (Å²) in [5.41, 5.74) is 0. The number of rotatable bonds is 7. The minimum Gasteiger partial charge on any atom is -0.477 e. The first-order valence-electron chi connectivity index (χ1n) is 6.24. The van der Waals surface area contributed by atoms with Crippen LogP contribution in [0.25, 0.3) is 0 Å². The fourth-order valence-corrected chi connectivity index (χ4v) is 2.78. The summed E-state index contributed by atoms with van der Waals surface area (Å²) in [6, 6.07) is 4.18. The first-order chi connectivity index (χ1) is 8.19. The van der Waals surface area contributed by atoms with E-state index in [1.807, 2.05) is 6.07 Å². The summed E-state index contributed by atoms with van der Waals surface area (Å²) in [5.74, 6) is 0.108. The number of nitrogens with one attached hydrogen (secondary N) is 1. The fraction of sp³-hybridized carbons (Fsp3) is 0.615. The van der Waals surface area contributed by atoms with Gasteiger partial charge in [-0.25, -0.2) is 4.79 Å². The molecule has 3 nitrogen and oxygen atoms in total. The molecule has 1 aliphatic carbocycles. The molecule has 1 saturated carbocycles. The van der Waals surface area contributed by atoms with Gasteiger partial charge >= 0.3 is 5.97 Å². The molecule has 0 radical (unpaired) electrons. The normalized spacial score (nSPS) is 17.0. The second kappa shape index (κ2) is 5.65. The van der Waals surface area contributed by atoms with Crippen LogP contribution in [0, 0.1) is 5.92 Å². The number of carboxylic acids is 1. The predicted molar refractivity (Wildman–Crippen MR) is 69.5 cm³/mol. The van der Waals surface area contributed by atoms with Crippen molar-refractivity contribution in [2.45, 2.75) is 45.2 Å². The summed E-state index contributed by atoms with van der Waals surface area (Å²) in [6.45, 7) is 3.00. The maximum atomic E-state index is 10.8. The Morgan fingerprint density at radius 2 is 2.35 bits per heavy atom. The lowest BCUT2D eigenvalue weighted by molar-refractivity contribution is 0.0702. The van der Waals surface area contributed by atoms with Gasteiger partial charge in [-0.3, -0.25) is 0 Å². The van der Waals surface area contributed by atoms with Gasteiger partial charge in [0, 0.05) is 17.5 Å². The van der Waals surface area contributed by atoms with Crippen molar-refractivity contribution in [3.05, 3.63) is 21.9 Å². The van der Waals surface area contributed by atoms with Crippen LogP contribution >= 0.6 is 11.3 Å². The van der Waals surface area contributed by atoms with E-state index in [4.69, 9.17) is 5.11 Å². The van der Waals surface area contributed by atoms with Gasteiger partial charge in [-0.2, -0.15) is 0 Å². The lowest BCUT2D eigenvalue weighted by Gasteiger charge is -2.15. The van der Waals surface area contributed by atoms with E-state index < -0.39 is 5.97 Å². The Balaban J connectivity index is 1.80. The first-order valence-corrected chi connectivity index (χ1v) is 7.06. The molecule has 0 amide bonds. The molecule has 0 aliphatic heterocycles. The molecule has 1 fully saturated rings. The van der Waals surface area contributed by atoms with Gasteiger partial charge in [0.1, 0.15) is 4.88 Å². The summed E-state index contributed by atoms with van der Waals surface area (Å²) in [4.78, 5) is 12.3. The van der Waals surface area contributed by atoms with Gasteiger partial charge in [-0.05, 0) is 30.9 Å². The molecule has 4 heteroatoms. The summed E-state index contributed by atoms with van der Waals surface area (Å²) in [5, 5.41) is 12.4. The Labute approximate surface area is 106 Å². The zero-order valence-corrected chi connectivity index (χ0v) is 10.9. The van der Waals surface area contributed by atoms with Crippen molar-refractivity contribution < 1.29 is 9.90 Å². The van der Waals surface area contributed by atoms with Crippen molar-refractivity contribution >= 4 is 17.3 Å². The van der Waals surface area contributed by atoms with Crippen molar-refractivity contribution in [2.24, 2.45) is 5.92 Å². The number of carboxylic acid groups (broad SMARTS) is 1. The van der Waals surface area contributed by atoms with Crippen molar-refractivity contribution in [3.8, 4) is 0 Å². The monoisotopic (exact) mass is 253 g/mol. The van der Waals surface area contributed by atoms with Crippen LogP contribution in [-0.4, -0.2) is 17.1 Å². The molecule has 1 heterocycles. The molecular formula is C13H19NO2S. The van der Waals surface area contributed by atoms with Crippen LogP contribution in [-0.2, 0) is 6.54 Å². The Kier molecular flexibility index (Phi) is 4.18. The molecule has 94 valence electrons. The highest BCUT2D eigenvalue weighted by molar-refractivity contribution is 7.13. The Morgan fingerprint density at radius 3 is 2.88 bits per heavy atom. The molecule has 1 aromatic heterocycles. The summed E-state index contributed by atoms with van der Waals surface area (Å²) in [7, 11) is 0. The van der Waals surface area contributed by atoms with Gasteiger partial charge in [0.15, 0.2) is 0 Å². The topological polar surface area (TPSA) is 49.3 Å². The van der Waals surface area contributed by atoms with Crippen LogP contribution in [0.15, 0.2) is 12.1 Å². The number of aromatic carboxylic acids is 1. The van der Waals surface area contributed by atoms with Gasteiger partial charge in [0.25, 0.3) is 0 Å². The van der Waals surface area contributed by atoms with Gasteiger partial charge in [0.05, 0.1) is 0 Å². The standard InChI is InChI=1S/C13H19NO2S/c1-2-10(7-9-3-4-9)14-8-11-5-6-12(17-11)13(15)16/h5-6,9-10,14H,2-4,7-8H2,1H3,(H,15,16). The molecular weight excluding hydrogens is 234 g/mol. The third-order valence-electron chi connectivity index (χ3n) is 3.24. The highest BCUT2D eigenvalue weighted by Crippen LogP contribution is 2.34. The molecule has 2 N–H and O–H groups in total. The van der Waals surface area contributed by atoms with E-state index in [0.717, 1.165) is 23.8 Å². The third kappa shape index (κ3) is 3.82. The number of thiophene rings is 1. The van der Waals surface area contributed by atoms with Crippen molar-refractivity contribution in [1.82, 2.24) is 5.32 Å². The van der Waals surface area contributed by atoms with Crippen LogP contribution in [0.1, 0.15) is 47.2 Å². The molecule has 1 aliphatic rings. The molecule has 1 unspecified atom stereocenters. The molecule has 0 saturated heterocycles. The molecule has 2 rings (SSSR count). The zero-order chi connectivity index (χ0) is 12.3. The minimum atomic E-state index is -0.828. The Hall–Kier alpha value is -0.870. The average molecular weight is 253 g/mol. The van der Waals surface area contributed by atoms with Gasteiger partial charge in [-0.1, -0.05) is 19.8 Å². The second-order valence-corrected chi connectivity index (χ2v) is 5.90. The van der Waals surface area contributed by atoms with Crippen LogP contribution in [0.4, 0.5) is 0 Å². The molecule has 17 heavy (non-hydrogen) atoms. The van der Waals surface area contributed by atoms with E-state index in [-0.39, 0.29) is 0 Å². The van der Waals surface area contributed by atoms with Crippen LogP contribution < -0.4 is 5.32 Å². The van der Waals surface area contributed by atoms with E-state index in [1.54, 1.807) is 6.07 Å². The van der Waals surface area contributed by atoms with Gasteiger partial charge < -0.3 is 10.4 Å². The zero-order valence-electron chi connectivity index (χ0n) is 10.1. The SMILES string of the molecule is CCC(CC1CC1)NCc1ccc(C(=O)O)s1.